The fourth-order valence-corrected chi connectivity index (χ4v) is 1.22. The van der Waals surface area contributed by atoms with E-state index in [2.05, 4.69) is 0 Å². The average molecular weight is 209 g/mol. The van der Waals surface area contributed by atoms with Crippen molar-refractivity contribution in [3.8, 4) is 5.75 Å². The summed E-state index contributed by atoms with van der Waals surface area (Å²) in [5, 5.41) is 0. The van der Waals surface area contributed by atoms with Gasteiger partial charge in [0.25, 0.3) is 0 Å². The molecule has 0 unspecified atom stereocenters. The molecule has 0 fully saturated rings. The number of carbonyl (C=O) groups is 1. The van der Waals surface area contributed by atoms with Crippen molar-refractivity contribution in [3.05, 3.63) is 29.8 Å². The van der Waals surface area contributed by atoms with E-state index in [0.717, 1.165) is 0 Å². The van der Waals surface area contributed by atoms with Crippen LogP contribution < -0.4 is 10.5 Å². The number of nitrogens with two attached hydrogens (primary N) is 1. The summed E-state index contributed by atoms with van der Waals surface area (Å²) in [6, 6.07) is 6.78. The van der Waals surface area contributed by atoms with Crippen molar-refractivity contribution in [1.29, 1.82) is 0 Å². The van der Waals surface area contributed by atoms with Crippen LogP contribution in [0.5, 0.6) is 5.75 Å². The van der Waals surface area contributed by atoms with Gasteiger partial charge in [-0.3, -0.25) is 4.79 Å². The predicted molar refractivity (Wildman–Crippen MR) is 56.9 cm³/mol. The molecule has 4 nitrogen and oxygen atoms in total. The van der Waals surface area contributed by atoms with Crippen molar-refractivity contribution in [1.82, 2.24) is 0 Å². The van der Waals surface area contributed by atoms with Crippen LogP contribution in [0.25, 0.3) is 0 Å². The molecule has 1 rings (SSSR count). The molecule has 0 heterocycles. The van der Waals surface area contributed by atoms with Crippen LogP contribution in [-0.4, -0.2) is 25.7 Å². The largest absolute Gasteiger partial charge is 0.488 e. The fourth-order valence-electron chi connectivity index (χ4n) is 1.22. The third-order valence-electron chi connectivity index (χ3n) is 1.86. The lowest BCUT2D eigenvalue weighted by molar-refractivity contribution is 0.0916. The van der Waals surface area contributed by atoms with Gasteiger partial charge in [-0.05, 0) is 25.1 Å². The Kier molecular flexibility index (Phi) is 4.12. The number of hydrogen-bond acceptors (Lipinski definition) is 3. The molecule has 4 heteroatoms. The first-order valence-corrected chi connectivity index (χ1v) is 4.69. The molecule has 1 amide bonds. The molecule has 0 radical (unpaired) electrons. The minimum atomic E-state index is -0.458. The van der Waals surface area contributed by atoms with Gasteiger partial charge in [0.2, 0.25) is 5.91 Å². The molecule has 0 aliphatic rings. The third-order valence-corrected chi connectivity index (χ3v) is 1.86. The van der Waals surface area contributed by atoms with Gasteiger partial charge in [0.15, 0.2) is 0 Å². The molecule has 0 aliphatic carbocycles. The van der Waals surface area contributed by atoms with Gasteiger partial charge in [0.05, 0.1) is 6.61 Å². The van der Waals surface area contributed by atoms with Crippen molar-refractivity contribution in [2.24, 2.45) is 5.73 Å². The highest BCUT2D eigenvalue weighted by Gasteiger charge is 2.05. The molecule has 0 aliphatic heterocycles. The van der Waals surface area contributed by atoms with E-state index in [1.54, 1.807) is 31.4 Å². The van der Waals surface area contributed by atoms with Crippen LogP contribution in [0.4, 0.5) is 0 Å². The normalized spacial score (nSPS) is 12.1. The van der Waals surface area contributed by atoms with Crippen LogP contribution in [-0.2, 0) is 4.74 Å². The number of carbonyl (C=O) groups excluding carboxylic acids is 1. The van der Waals surface area contributed by atoms with Crippen LogP contribution in [0.1, 0.15) is 17.3 Å². The van der Waals surface area contributed by atoms with E-state index >= 15 is 0 Å². The molecule has 82 valence electrons. The van der Waals surface area contributed by atoms with Crippen LogP contribution in [0.3, 0.4) is 0 Å². The van der Waals surface area contributed by atoms with Crippen molar-refractivity contribution < 1.29 is 14.3 Å². The zero-order valence-corrected chi connectivity index (χ0v) is 8.90. The van der Waals surface area contributed by atoms with Gasteiger partial charge in [0, 0.05) is 12.7 Å². The molecular formula is C11H15NO3. The van der Waals surface area contributed by atoms with E-state index in [1.165, 1.54) is 0 Å². The highest BCUT2D eigenvalue weighted by Crippen LogP contribution is 2.14. The molecule has 1 aromatic carbocycles. The number of ether oxygens (including phenoxy) is 2. The summed E-state index contributed by atoms with van der Waals surface area (Å²) in [6.45, 7) is 2.39. The zero-order chi connectivity index (χ0) is 11.3. The summed E-state index contributed by atoms with van der Waals surface area (Å²) in [6.07, 6.45) is -0.0573. The Morgan fingerprint density at radius 3 is 2.87 bits per heavy atom. The number of amides is 1. The second kappa shape index (κ2) is 5.36. The molecule has 1 atom stereocenters. The summed E-state index contributed by atoms with van der Waals surface area (Å²) < 4.78 is 10.4. The fraction of sp³-hybridized carbons (Fsp3) is 0.364. The molecule has 0 bridgehead atoms. The van der Waals surface area contributed by atoms with Crippen LogP contribution in [0.2, 0.25) is 0 Å². The topological polar surface area (TPSA) is 61.6 Å². The highest BCUT2D eigenvalue weighted by atomic mass is 16.5. The summed E-state index contributed by atoms with van der Waals surface area (Å²) in [7, 11) is 1.61. The van der Waals surface area contributed by atoms with Gasteiger partial charge in [0.1, 0.15) is 11.9 Å². The van der Waals surface area contributed by atoms with E-state index in [1.807, 2.05) is 6.92 Å². The molecule has 0 aromatic heterocycles. The maximum absolute atomic E-state index is 10.9. The Labute approximate surface area is 89.0 Å². The summed E-state index contributed by atoms with van der Waals surface area (Å²) in [5.74, 6) is 0.163. The quantitative estimate of drug-likeness (QED) is 0.792. The number of rotatable bonds is 5. The SMILES string of the molecule is COC[C@H](C)Oc1cccc(C(N)=O)c1. The Morgan fingerprint density at radius 1 is 1.53 bits per heavy atom. The summed E-state index contributed by atoms with van der Waals surface area (Å²) in [4.78, 5) is 10.9. The zero-order valence-electron chi connectivity index (χ0n) is 8.90. The van der Waals surface area contributed by atoms with E-state index in [0.29, 0.717) is 17.9 Å². The number of methoxy groups -OCH3 is 1. The maximum Gasteiger partial charge on any atom is 0.248 e. The lowest BCUT2D eigenvalue weighted by atomic mass is 10.2. The van der Waals surface area contributed by atoms with E-state index in [9.17, 15) is 4.79 Å². The van der Waals surface area contributed by atoms with E-state index in [-0.39, 0.29) is 6.10 Å². The second-order valence-corrected chi connectivity index (χ2v) is 3.28. The Bertz CT molecular complexity index is 338. The lowest BCUT2D eigenvalue weighted by Gasteiger charge is -2.13. The Hall–Kier alpha value is -1.55. The Morgan fingerprint density at radius 2 is 2.27 bits per heavy atom. The molecule has 1 aromatic rings. The molecule has 0 saturated carbocycles. The van der Waals surface area contributed by atoms with Crippen molar-refractivity contribution in [2.75, 3.05) is 13.7 Å². The monoisotopic (exact) mass is 209 g/mol. The first-order valence-electron chi connectivity index (χ1n) is 4.69. The molecule has 2 N–H and O–H groups in total. The Balaban J connectivity index is 2.69. The van der Waals surface area contributed by atoms with E-state index in [4.69, 9.17) is 15.2 Å². The van der Waals surface area contributed by atoms with Gasteiger partial charge in [-0.25, -0.2) is 0 Å². The minimum Gasteiger partial charge on any atom is -0.488 e. The summed E-state index contributed by atoms with van der Waals surface area (Å²) >= 11 is 0. The van der Waals surface area contributed by atoms with Gasteiger partial charge in [-0.15, -0.1) is 0 Å². The number of benzene rings is 1. The van der Waals surface area contributed by atoms with Crippen molar-refractivity contribution in [2.45, 2.75) is 13.0 Å². The lowest BCUT2D eigenvalue weighted by Crippen LogP contribution is -2.18. The maximum atomic E-state index is 10.9. The van der Waals surface area contributed by atoms with Crippen molar-refractivity contribution in [3.63, 3.8) is 0 Å². The van der Waals surface area contributed by atoms with Crippen LogP contribution in [0.15, 0.2) is 24.3 Å². The van der Waals surface area contributed by atoms with Crippen LogP contribution in [0, 0.1) is 0 Å². The van der Waals surface area contributed by atoms with Crippen LogP contribution >= 0.6 is 0 Å². The standard InChI is InChI=1S/C11H15NO3/c1-8(7-14-2)15-10-5-3-4-9(6-10)11(12)13/h3-6,8H,7H2,1-2H3,(H2,12,13)/t8-/m0/s1. The van der Waals surface area contributed by atoms with E-state index < -0.39 is 5.91 Å². The molecule has 0 spiro atoms. The smallest absolute Gasteiger partial charge is 0.248 e. The first-order chi connectivity index (χ1) is 7.13. The highest BCUT2D eigenvalue weighted by molar-refractivity contribution is 5.93. The minimum absolute atomic E-state index is 0.0573. The molecule has 15 heavy (non-hydrogen) atoms. The average Bonchev–Trinajstić information content (AvgIpc) is 2.18. The van der Waals surface area contributed by atoms with Gasteiger partial charge in [-0.1, -0.05) is 6.07 Å². The second-order valence-electron chi connectivity index (χ2n) is 3.28. The number of primary amides is 1. The first kappa shape index (κ1) is 11.5. The van der Waals surface area contributed by atoms with Crippen molar-refractivity contribution >= 4 is 5.91 Å². The van der Waals surface area contributed by atoms with Gasteiger partial charge < -0.3 is 15.2 Å². The predicted octanol–water partition coefficient (Wildman–Crippen LogP) is 1.20. The molecular weight excluding hydrogens is 194 g/mol. The summed E-state index contributed by atoms with van der Waals surface area (Å²) in [5.41, 5.74) is 5.59. The van der Waals surface area contributed by atoms with Gasteiger partial charge >= 0.3 is 0 Å². The molecule has 0 saturated heterocycles. The third kappa shape index (κ3) is 3.59. The number of hydrogen-bond donors (Lipinski definition) is 1. The van der Waals surface area contributed by atoms with Gasteiger partial charge in [-0.2, -0.15) is 0 Å².